The predicted molar refractivity (Wildman–Crippen MR) is 172 cm³/mol. The van der Waals surface area contributed by atoms with E-state index in [2.05, 4.69) is 155 Å². The minimum absolute atomic E-state index is 0. The van der Waals surface area contributed by atoms with Crippen LogP contribution in [0.4, 0.5) is 0 Å². The topological polar surface area (TPSA) is 0 Å². The first-order valence-corrected chi connectivity index (χ1v) is 20.2. The Bertz CT molecular complexity index is 1590. The molecule has 0 fully saturated rings. The quantitative estimate of drug-likeness (QED) is 0.133. The molecule has 2 radical (unpaired) electrons. The molecule has 0 unspecified atom stereocenters. The fourth-order valence-corrected chi connectivity index (χ4v) is 4.92. The second kappa shape index (κ2) is 15.3. The molecule has 0 saturated carbocycles. The molecule has 0 bridgehead atoms. The first-order valence-electron chi connectivity index (χ1n) is 12.7. The van der Waals surface area contributed by atoms with Crippen molar-refractivity contribution in [3.05, 3.63) is 147 Å². The summed E-state index contributed by atoms with van der Waals surface area (Å²) >= 11 is 3.64. The number of aryl methyl sites for hydroxylation is 2. The van der Waals surface area contributed by atoms with Crippen molar-refractivity contribution in [3.8, 4) is 22.3 Å². The van der Waals surface area contributed by atoms with E-state index in [1.807, 2.05) is 0 Å². The van der Waals surface area contributed by atoms with Gasteiger partial charge in [-0.1, -0.05) is 112 Å². The zero-order valence-electron chi connectivity index (χ0n) is 24.0. The molecule has 6 rings (SSSR count). The molecule has 0 nitrogen and oxygen atoms in total. The van der Waals surface area contributed by atoms with Crippen LogP contribution in [-0.2, 0) is 21.6 Å². The summed E-state index contributed by atoms with van der Waals surface area (Å²) in [6.45, 7) is 8.83. The molecule has 0 aromatic heterocycles. The first-order chi connectivity index (χ1) is 18.0. The Hall–Kier alpha value is -2.47. The number of benzene rings is 4. The molecule has 198 valence electrons. The Balaban J connectivity index is 0.000000246. The van der Waals surface area contributed by atoms with Crippen molar-refractivity contribution < 1.29 is 21.6 Å². The van der Waals surface area contributed by atoms with Gasteiger partial charge in [0.2, 0.25) is 0 Å². The van der Waals surface area contributed by atoms with Crippen LogP contribution in [0, 0.1) is 28.7 Å². The van der Waals surface area contributed by atoms with Gasteiger partial charge in [-0.2, -0.15) is 12.1 Å². The summed E-state index contributed by atoms with van der Waals surface area (Å²) in [5, 5.41) is 5.46. The summed E-state index contributed by atoms with van der Waals surface area (Å²) in [5.74, 6) is 0.584. The fraction of sp³-hybridized carbons (Fsp3) is 0.135. The van der Waals surface area contributed by atoms with Crippen LogP contribution >= 0.6 is 0 Å². The van der Waals surface area contributed by atoms with Crippen molar-refractivity contribution in [1.82, 2.24) is 0 Å². The zero-order valence-corrected chi connectivity index (χ0v) is 28.6. The van der Waals surface area contributed by atoms with Crippen LogP contribution in [-0.4, -0.2) is 12.1 Å². The van der Waals surface area contributed by atoms with E-state index in [0.29, 0.717) is 5.92 Å². The molecule has 0 saturated heterocycles. The third kappa shape index (κ3) is 7.59. The second-order valence-electron chi connectivity index (χ2n) is 9.77. The molecular formula is C37H38GeZr-4. The van der Waals surface area contributed by atoms with E-state index in [4.69, 9.17) is 0 Å². The molecular weight excluding hydrogens is 608 g/mol. The van der Waals surface area contributed by atoms with Gasteiger partial charge in [0.15, 0.2) is 0 Å². The van der Waals surface area contributed by atoms with Crippen LogP contribution in [0.3, 0.4) is 0 Å². The Morgan fingerprint density at radius 2 is 1.18 bits per heavy atom. The SMILES string of the molecule is CC(C)c1cc2c(-c3ccccc3)cccc2[cH-]1.Cc1cc2c(-c3ccccc3)ccc(C)c2[cH-]1.[CH3-].[CH3-].[Ge]=[Zr]. The summed E-state index contributed by atoms with van der Waals surface area (Å²) < 4.78 is 0. The molecule has 0 aliphatic carbocycles. The van der Waals surface area contributed by atoms with Crippen LogP contribution in [0.5, 0.6) is 0 Å². The van der Waals surface area contributed by atoms with E-state index in [-0.39, 0.29) is 14.9 Å². The van der Waals surface area contributed by atoms with Crippen LogP contribution in [0.1, 0.15) is 36.5 Å². The minimum atomic E-state index is 0. The maximum atomic E-state index is 2.34. The van der Waals surface area contributed by atoms with Gasteiger partial charge in [0, 0.05) is 0 Å². The van der Waals surface area contributed by atoms with Crippen LogP contribution < -0.4 is 0 Å². The van der Waals surface area contributed by atoms with Gasteiger partial charge < -0.3 is 14.9 Å². The van der Waals surface area contributed by atoms with Gasteiger partial charge in [-0.25, -0.2) is 0 Å². The Labute approximate surface area is 256 Å². The van der Waals surface area contributed by atoms with E-state index in [1.165, 1.54) is 60.5 Å². The first kappa shape index (κ1) is 32.7. The van der Waals surface area contributed by atoms with Crippen LogP contribution in [0.15, 0.2) is 115 Å². The zero-order chi connectivity index (χ0) is 26.4. The molecule has 6 aromatic carbocycles. The molecule has 0 heterocycles. The van der Waals surface area contributed by atoms with E-state index >= 15 is 0 Å². The van der Waals surface area contributed by atoms with Gasteiger partial charge in [-0.3, -0.25) is 0 Å². The van der Waals surface area contributed by atoms with Crippen molar-refractivity contribution in [3.63, 3.8) is 0 Å². The normalized spacial score (nSPS) is 10.1. The Morgan fingerprint density at radius 1 is 0.615 bits per heavy atom. The van der Waals surface area contributed by atoms with Crippen molar-refractivity contribution in [2.75, 3.05) is 0 Å². The van der Waals surface area contributed by atoms with Crippen molar-refractivity contribution in [2.24, 2.45) is 0 Å². The van der Waals surface area contributed by atoms with Gasteiger partial charge >= 0.3 is 33.7 Å². The maximum absolute atomic E-state index is 2.34. The summed E-state index contributed by atoms with van der Waals surface area (Å²) in [6.07, 6.45) is 0. The van der Waals surface area contributed by atoms with Crippen molar-refractivity contribution >= 4 is 33.7 Å². The molecule has 0 amide bonds. The molecule has 0 atom stereocenters. The van der Waals surface area contributed by atoms with E-state index in [1.54, 1.807) is 21.6 Å². The fourth-order valence-electron chi connectivity index (χ4n) is 4.92. The number of rotatable bonds is 3. The van der Waals surface area contributed by atoms with E-state index in [0.717, 1.165) is 0 Å². The third-order valence-electron chi connectivity index (χ3n) is 6.86. The summed E-state index contributed by atoms with van der Waals surface area (Å²) in [5.41, 5.74) is 9.37. The molecule has 0 N–H and O–H groups in total. The monoisotopic (exact) mass is 646 g/mol. The Kier molecular flexibility index (Phi) is 12.9. The summed E-state index contributed by atoms with van der Waals surface area (Å²) in [4.78, 5) is 0. The van der Waals surface area contributed by atoms with E-state index < -0.39 is 0 Å². The predicted octanol–water partition coefficient (Wildman–Crippen LogP) is 10.7. The van der Waals surface area contributed by atoms with Crippen LogP contribution in [0.2, 0.25) is 0 Å². The number of hydrogen-bond acceptors (Lipinski definition) is 0. The standard InChI is InChI=1S/C18H17.C17H15.2CH3.Ge.Zr/c1-13(2)16-11-15-9-6-10-17(18(15)12-16)14-7-4-3-5-8-14;1-12-10-16-13(2)8-9-15(17(16)11-12)14-6-4-3-5-7-14;;;;/h3-13H,1-2H3;3-11H,1-2H3;2*1H3;;/q4*-1;;. The van der Waals surface area contributed by atoms with Gasteiger partial charge in [-0.15, -0.1) is 68.6 Å². The average molecular weight is 647 g/mol. The molecule has 6 aromatic rings. The third-order valence-corrected chi connectivity index (χ3v) is 6.86. The molecule has 0 aliphatic rings. The van der Waals surface area contributed by atoms with Gasteiger partial charge in [0.1, 0.15) is 0 Å². The second-order valence-corrected chi connectivity index (χ2v) is 9.77. The van der Waals surface area contributed by atoms with Crippen LogP contribution in [0.25, 0.3) is 43.8 Å². The number of fused-ring (bicyclic) bond motifs is 2. The molecule has 0 aliphatic heterocycles. The summed E-state index contributed by atoms with van der Waals surface area (Å²) in [7, 11) is 0. The van der Waals surface area contributed by atoms with Gasteiger partial charge in [0.25, 0.3) is 0 Å². The average Bonchev–Trinajstić information content (AvgIpc) is 3.56. The van der Waals surface area contributed by atoms with Crippen molar-refractivity contribution in [1.29, 1.82) is 0 Å². The van der Waals surface area contributed by atoms with E-state index in [9.17, 15) is 0 Å². The Morgan fingerprint density at radius 3 is 1.74 bits per heavy atom. The van der Waals surface area contributed by atoms with Gasteiger partial charge in [-0.05, 0) is 17.0 Å². The van der Waals surface area contributed by atoms with Crippen molar-refractivity contribution in [2.45, 2.75) is 33.6 Å². The molecule has 39 heavy (non-hydrogen) atoms. The summed E-state index contributed by atoms with van der Waals surface area (Å²) in [6, 6.07) is 41.4. The molecule has 0 spiro atoms. The number of hydrogen-bond donors (Lipinski definition) is 0. The molecule has 2 heteroatoms. The van der Waals surface area contributed by atoms with Gasteiger partial charge in [0.05, 0.1) is 0 Å².